The lowest BCUT2D eigenvalue weighted by Crippen LogP contribution is -2.37. The van der Waals surface area contributed by atoms with E-state index in [-0.39, 0.29) is 23.3 Å². The first kappa shape index (κ1) is 27.6. The molecule has 9 nitrogen and oxygen atoms in total. The Morgan fingerprint density at radius 3 is 2.40 bits per heavy atom. The number of nitrogens with one attached hydrogen (secondary N) is 1. The van der Waals surface area contributed by atoms with Gasteiger partial charge < -0.3 is 15.3 Å². The van der Waals surface area contributed by atoms with Crippen LogP contribution in [0.3, 0.4) is 0 Å². The summed E-state index contributed by atoms with van der Waals surface area (Å²) in [7, 11) is -3.91. The van der Waals surface area contributed by atoms with Crippen molar-refractivity contribution in [2.45, 2.75) is 32.1 Å². The Hall–Kier alpha value is -3.96. The Morgan fingerprint density at radius 1 is 0.975 bits per heavy atom. The molecule has 0 fully saturated rings. The van der Waals surface area contributed by atoms with E-state index in [1.807, 2.05) is 6.07 Å². The molecular formula is C29H27BrN4O5S. The summed E-state index contributed by atoms with van der Waals surface area (Å²) >= 11 is 3.46. The van der Waals surface area contributed by atoms with Gasteiger partial charge in [0.25, 0.3) is 5.56 Å². The van der Waals surface area contributed by atoms with Crippen LogP contribution in [-0.2, 0) is 16.4 Å². The number of hydrogen-bond donors (Lipinski definition) is 2. The zero-order valence-corrected chi connectivity index (χ0v) is 24.5. The molecule has 0 bridgehead atoms. The first-order valence-electron chi connectivity index (χ1n) is 12.4. The molecule has 40 heavy (non-hydrogen) atoms. The van der Waals surface area contributed by atoms with E-state index in [9.17, 15) is 22.8 Å². The number of nitrogens with zero attached hydrogens (tertiary/aromatic N) is 2. The molecule has 0 radical (unpaired) electrons. The van der Waals surface area contributed by atoms with Crippen LogP contribution >= 0.6 is 15.9 Å². The van der Waals surface area contributed by atoms with Crippen LogP contribution in [0.2, 0.25) is 0 Å². The minimum Gasteiger partial charge on any atom is -0.399 e. The van der Waals surface area contributed by atoms with Gasteiger partial charge in [-0.2, -0.15) is 0 Å². The SMILES string of the molecule is CC(C)(C)S(=O)(=O)CC(=O)c1c(-n2c(=O)[nH]c3ccccc3c2=O)c2cc(Br)ccc2n1Cc1cccc(N)c1. The van der Waals surface area contributed by atoms with Crippen LogP contribution < -0.4 is 17.0 Å². The van der Waals surface area contributed by atoms with E-state index < -0.39 is 37.4 Å². The fourth-order valence-electron chi connectivity index (χ4n) is 4.68. The molecule has 206 valence electrons. The van der Waals surface area contributed by atoms with Crippen LogP contribution in [0.4, 0.5) is 5.69 Å². The topological polar surface area (TPSA) is 137 Å². The molecule has 2 heterocycles. The number of fused-ring (bicyclic) bond motifs is 2. The first-order chi connectivity index (χ1) is 18.8. The molecule has 0 spiro atoms. The van der Waals surface area contributed by atoms with Gasteiger partial charge in [0.15, 0.2) is 15.6 Å². The number of carbonyl (C=O) groups is 1. The minimum absolute atomic E-state index is 0.0197. The molecule has 0 aliphatic heterocycles. The molecule has 0 unspecified atom stereocenters. The summed E-state index contributed by atoms with van der Waals surface area (Å²) in [6.07, 6.45) is 0. The number of para-hydroxylation sites is 1. The van der Waals surface area contributed by atoms with Gasteiger partial charge in [-0.3, -0.25) is 9.59 Å². The van der Waals surface area contributed by atoms with E-state index in [1.54, 1.807) is 65.2 Å². The summed E-state index contributed by atoms with van der Waals surface area (Å²) in [4.78, 5) is 44.0. The Morgan fingerprint density at radius 2 is 1.70 bits per heavy atom. The average molecular weight is 624 g/mol. The highest BCUT2D eigenvalue weighted by molar-refractivity contribution is 9.10. The zero-order chi connectivity index (χ0) is 29.0. The van der Waals surface area contributed by atoms with Crippen molar-refractivity contribution >= 4 is 59.0 Å². The van der Waals surface area contributed by atoms with Crippen molar-refractivity contribution in [3.63, 3.8) is 0 Å². The molecule has 0 aliphatic rings. The number of carbonyl (C=O) groups excluding carboxylic acids is 1. The van der Waals surface area contributed by atoms with Crippen LogP contribution in [0.25, 0.3) is 27.5 Å². The molecule has 0 saturated heterocycles. The fourth-order valence-corrected chi connectivity index (χ4v) is 5.96. The maximum absolute atomic E-state index is 14.1. The highest BCUT2D eigenvalue weighted by atomic mass is 79.9. The van der Waals surface area contributed by atoms with Crippen LogP contribution in [-0.4, -0.2) is 38.8 Å². The molecule has 11 heteroatoms. The summed E-state index contributed by atoms with van der Waals surface area (Å²) in [6, 6.07) is 18.9. The molecule has 0 saturated carbocycles. The number of benzene rings is 3. The van der Waals surface area contributed by atoms with Gasteiger partial charge in [0.2, 0.25) is 0 Å². The third-order valence-corrected chi connectivity index (χ3v) is 9.84. The molecule has 0 atom stereocenters. The molecule has 3 N–H and O–H groups in total. The van der Waals surface area contributed by atoms with Crippen LogP contribution in [0.1, 0.15) is 36.8 Å². The van der Waals surface area contributed by atoms with Gasteiger partial charge in [0.1, 0.15) is 11.4 Å². The van der Waals surface area contributed by atoms with Gasteiger partial charge in [0.05, 0.1) is 26.9 Å². The normalized spacial score (nSPS) is 12.3. The number of halogens is 1. The number of Topliss-reactive ketones (excluding diaryl/α,β-unsaturated/α-hetero) is 1. The van der Waals surface area contributed by atoms with Gasteiger partial charge in [-0.1, -0.05) is 40.2 Å². The Kier molecular flexibility index (Phi) is 6.83. The lowest BCUT2D eigenvalue weighted by atomic mass is 10.1. The van der Waals surface area contributed by atoms with E-state index in [4.69, 9.17) is 5.73 Å². The van der Waals surface area contributed by atoms with E-state index >= 15 is 0 Å². The number of H-pyrrole nitrogens is 1. The molecule has 3 aromatic carbocycles. The molecule has 0 amide bonds. The van der Waals surface area contributed by atoms with Gasteiger partial charge in [-0.25, -0.2) is 17.8 Å². The van der Waals surface area contributed by atoms with Crippen molar-refractivity contribution in [2.75, 3.05) is 11.5 Å². The summed E-state index contributed by atoms with van der Waals surface area (Å²) in [6.45, 7) is 4.71. The maximum Gasteiger partial charge on any atom is 0.333 e. The third-order valence-electron chi connectivity index (χ3n) is 6.84. The van der Waals surface area contributed by atoms with Crippen molar-refractivity contribution in [3.8, 4) is 5.69 Å². The second-order valence-corrected chi connectivity index (χ2v) is 14.3. The largest absolute Gasteiger partial charge is 0.399 e. The number of aromatic nitrogens is 3. The van der Waals surface area contributed by atoms with E-state index in [0.717, 1.165) is 10.1 Å². The monoisotopic (exact) mass is 622 g/mol. The number of nitrogen functional groups attached to an aromatic ring is 1. The molecule has 5 aromatic rings. The van der Waals surface area contributed by atoms with Crippen LogP contribution in [0.15, 0.2) is 80.8 Å². The van der Waals surface area contributed by atoms with Crippen molar-refractivity contribution in [1.29, 1.82) is 0 Å². The minimum atomic E-state index is -3.91. The molecular weight excluding hydrogens is 596 g/mol. The summed E-state index contributed by atoms with van der Waals surface area (Å²) in [5, 5.41) is 0.673. The number of rotatable bonds is 6. The quantitative estimate of drug-likeness (QED) is 0.212. The van der Waals surface area contributed by atoms with Gasteiger partial charge in [0, 0.05) is 22.1 Å². The number of hydrogen-bond acceptors (Lipinski definition) is 6. The Balaban J connectivity index is 1.91. The lowest BCUT2D eigenvalue weighted by molar-refractivity contribution is 0.101. The smallest absolute Gasteiger partial charge is 0.333 e. The summed E-state index contributed by atoms with van der Waals surface area (Å²) in [5.74, 6) is -1.54. The van der Waals surface area contributed by atoms with Crippen molar-refractivity contribution in [1.82, 2.24) is 14.1 Å². The summed E-state index contributed by atoms with van der Waals surface area (Å²) < 4.78 is 28.4. The molecule has 0 aliphatic carbocycles. The second kappa shape index (κ2) is 9.90. The fraction of sp³-hybridized carbons (Fsp3) is 0.207. The maximum atomic E-state index is 14.1. The molecule has 5 rings (SSSR count). The van der Waals surface area contributed by atoms with E-state index in [2.05, 4.69) is 20.9 Å². The van der Waals surface area contributed by atoms with Gasteiger partial charge in [-0.15, -0.1) is 0 Å². The number of ketones is 1. The zero-order valence-electron chi connectivity index (χ0n) is 22.1. The number of aromatic amines is 1. The summed E-state index contributed by atoms with van der Waals surface area (Å²) in [5.41, 5.74) is 6.74. The number of nitrogens with two attached hydrogens (primary N) is 1. The third kappa shape index (κ3) is 4.79. The second-order valence-electron chi connectivity index (χ2n) is 10.6. The number of sulfone groups is 1. The first-order valence-corrected chi connectivity index (χ1v) is 14.9. The van der Waals surface area contributed by atoms with Gasteiger partial charge in [-0.05, 0) is 68.8 Å². The van der Waals surface area contributed by atoms with Crippen molar-refractivity contribution < 1.29 is 13.2 Å². The van der Waals surface area contributed by atoms with Crippen molar-refractivity contribution in [3.05, 3.63) is 103 Å². The van der Waals surface area contributed by atoms with E-state index in [1.165, 1.54) is 20.8 Å². The van der Waals surface area contributed by atoms with Crippen LogP contribution in [0, 0.1) is 0 Å². The Labute approximate surface area is 238 Å². The van der Waals surface area contributed by atoms with Gasteiger partial charge >= 0.3 is 5.69 Å². The van der Waals surface area contributed by atoms with Crippen molar-refractivity contribution in [2.24, 2.45) is 0 Å². The highest BCUT2D eigenvalue weighted by Crippen LogP contribution is 2.33. The Bertz CT molecular complexity index is 2050. The predicted octanol–water partition coefficient (Wildman–Crippen LogP) is 4.42. The predicted molar refractivity (Wildman–Crippen MR) is 161 cm³/mol. The molecule has 2 aromatic heterocycles. The highest BCUT2D eigenvalue weighted by Gasteiger charge is 2.35. The van der Waals surface area contributed by atoms with Crippen LogP contribution in [0.5, 0.6) is 0 Å². The van der Waals surface area contributed by atoms with E-state index in [0.29, 0.717) is 26.6 Å². The number of anilines is 1. The standard InChI is InChI=1S/C29H27BrN4O5S/c1-29(2,3)40(38,39)16-24(35)26-25(34-27(36)20-9-4-5-10-22(20)32-28(34)37)21-14-18(30)11-12-23(21)33(26)15-17-7-6-8-19(31)13-17/h4-14H,15-16,31H2,1-3H3,(H,32,37). The lowest BCUT2D eigenvalue weighted by Gasteiger charge is -2.19. The average Bonchev–Trinajstić information content (AvgIpc) is 3.16.